The van der Waals surface area contributed by atoms with Gasteiger partial charge in [0.25, 0.3) is 0 Å². The van der Waals surface area contributed by atoms with Crippen molar-refractivity contribution >= 4 is 42.2 Å². The molecule has 4 atom stereocenters. The third-order valence-corrected chi connectivity index (χ3v) is 10.2. The first-order valence-corrected chi connectivity index (χ1v) is 18.9. The molecule has 1 aliphatic carbocycles. The van der Waals surface area contributed by atoms with Crippen LogP contribution in [0.25, 0.3) is 11.0 Å². The molecule has 2 fully saturated rings. The summed E-state index contributed by atoms with van der Waals surface area (Å²) in [6, 6.07) is 3.98. The SMILES string of the molecule is CC(C)(C)CC(=O)OCOP(=O)(COC[C@H]1O[C@@H](n2ccc3c(CC4CCCC4)c(C#N)c(Cl)nc32)[C@H](O)[C@@H]1O)OCOC(=O)CC(C)(C)C. The van der Waals surface area contributed by atoms with Gasteiger partial charge in [-0.15, -0.1) is 0 Å². The second-order valence-corrected chi connectivity index (χ2v) is 17.7. The van der Waals surface area contributed by atoms with E-state index in [0.717, 1.165) is 31.2 Å². The fourth-order valence-corrected chi connectivity index (χ4v) is 7.25. The van der Waals surface area contributed by atoms with E-state index >= 15 is 0 Å². The van der Waals surface area contributed by atoms with Gasteiger partial charge in [0.1, 0.15) is 41.5 Å². The van der Waals surface area contributed by atoms with Crippen LogP contribution < -0.4 is 0 Å². The zero-order valence-corrected chi connectivity index (χ0v) is 31.2. The van der Waals surface area contributed by atoms with Gasteiger partial charge in [0.15, 0.2) is 6.23 Å². The van der Waals surface area contributed by atoms with Crippen molar-refractivity contribution in [1.82, 2.24) is 9.55 Å². The fourth-order valence-electron chi connectivity index (χ4n) is 6.04. The summed E-state index contributed by atoms with van der Waals surface area (Å²) >= 11 is 6.47. The summed E-state index contributed by atoms with van der Waals surface area (Å²) in [6.45, 7) is 9.36. The third-order valence-electron chi connectivity index (χ3n) is 8.43. The summed E-state index contributed by atoms with van der Waals surface area (Å²) in [5.74, 6) is -0.724. The van der Waals surface area contributed by atoms with Crippen molar-refractivity contribution in [2.24, 2.45) is 16.7 Å². The highest BCUT2D eigenvalue weighted by Gasteiger charge is 2.45. The fraction of sp³-hybridized carbons (Fsp3) is 0.706. The van der Waals surface area contributed by atoms with Crippen molar-refractivity contribution in [2.45, 2.75) is 111 Å². The molecule has 0 bridgehead atoms. The number of nitrogens with zero attached hydrogens (tertiary/aromatic N) is 3. The maximum absolute atomic E-state index is 13.6. The van der Waals surface area contributed by atoms with Crippen LogP contribution in [0, 0.1) is 28.1 Å². The number of aromatic nitrogens is 2. The number of carbonyl (C=O) groups excluding carboxylic acids is 2. The van der Waals surface area contributed by atoms with Crippen LogP contribution in [0.3, 0.4) is 0 Å². The van der Waals surface area contributed by atoms with Crippen LogP contribution in [0.1, 0.15) is 97.4 Å². The van der Waals surface area contributed by atoms with Gasteiger partial charge >= 0.3 is 19.5 Å². The van der Waals surface area contributed by atoms with E-state index < -0.39 is 64.0 Å². The Morgan fingerprint density at radius 3 is 2.16 bits per heavy atom. The average molecular weight is 742 g/mol. The molecule has 0 aromatic carbocycles. The molecular weight excluding hydrogens is 693 g/mol. The monoisotopic (exact) mass is 741 g/mol. The number of fused-ring (bicyclic) bond motifs is 1. The van der Waals surface area contributed by atoms with Gasteiger partial charge in [0.2, 0.25) is 13.6 Å². The van der Waals surface area contributed by atoms with Gasteiger partial charge in [-0.1, -0.05) is 78.8 Å². The van der Waals surface area contributed by atoms with Crippen molar-refractivity contribution in [1.29, 1.82) is 5.26 Å². The predicted octanol–water partition coefficient (Wildman–Crippen LogP) is 5.99. The number of esters is 2. The maximum atomic E-state index is 13.6. The summed E-state index contributed by atoms with van der Waals surface area (Å²) < 4.78 is 47.5. The average Bonchev–Trinajstić information content (AvgIpc) is 3.72. The van der Waals surface area contributed by atoms with Gasteiger partial charge in [-0.2, -0.15) is 5.26 Å². The number of pyridine rings is 1. The van der Waals surface area contributed by atoms with E-state index in [-0.39, 0.29) is 35.4 Å². The first-order valence-electron chi connectivity index (χ1n) is 16.8. The summed E-state index contributed by atoms with van der Waals surface area (Å²) in [6.07, 6.45) is 1.26. The molecule has 0 unspecified atom stereocenters. The lowest BCUT2D eigenvalue weighted by molar-refractivity contribution is -0.154. The zero-order valence-electron chi connectivity index (χ0n) is 29.6. The number of halogens is 1. The molecule has 278 valence electrons. The number of hydrogen-bond acceptors (Lipinski definition) is 13. The number of aliphatic hydroxyl groups excluding tert-OH is 2. The summed E-state index contributed by atoms with van der Waals surface area (Å²) in [5, 5.41) is 32.5. The lowest BCUT2D eigenvalue weighted by Crippen LogP contribution is -2.34. The topological polar surface area (TPSA) is 189 Å². The molecule has 2 N–H and O–H groups in total. The predicted molar refractivity (Wildman–Crippen MR) is 182 cm³/mol. The Bertz CT molecular complexity index is 1550. The van der Waals surface area contributed by atoms with Crippen LogP contribution >= 0.6 is 19.2 Å². The third kappa shape index (κ3) is 11.0. The minimum Gasteiger partial charge on any atom is -0.438 e. The smallest absolute Gasteiger partial charge is 0.361 e. The first-order chi connectivity index (χ1) is 23.4. The Balaban J connectivity index is 1.42. The van der Waals surface area contributed by atoms with Gasteiger partial charge in [-0.3, -0.25) is 23.2 Å². The van der Waals surface area contributed by atoms with E-state index in [1.54, 1.807) is 16.8 Å². The molecule has 0 spiro atoms. The summed E-state index contributed by atoms with van der Waals surface area (Å²) in [4.78, 5) is 28.8. The molecule has 3 heterocycles. The molecule has 4 rings (SSSR count). The molecule has 2 aliphatic rings. The molecule has 1 saturated carbocycles. The minimum atomic E-state index is -4.19. The Labute approximate surface area is 297 Å². The van der Waals surface area contributed by atoms with Gasteiger partial charge in [0, 0.05) is 11.6 Å². The van der Waals surface area contributed by atoms with Crippen molar-refractivity contribution in [3.05, 3.63) is 28.5 Å². The van der Waals surface area contributed by atoms with E-state index in [4.69, 9.17) is 39.6 Å². The van der Waals surface area contributed by atoms with Crippen molar-refractivity contribution in [3.63, 3.8) is 0 Å². The molecule has 1 aliphatic heterocycles. The van der Waals surface area contributed by atoms with E-state index in [9.17, 15) is 29.6 Å². The van der Waals surface area contributed by atoms with Crippen molar-refractivity contribution in [3.8, 4) is 6.07 Å². The minimum absolute atomic E-state index is 0.0461. The van der Waals surface area contributed by atoms with E-state index in [0.29, 0.717) is 28.9 Å². The zero-order chi connectivity index (χ0) is 36.9. The number of aliphatic hydroxyl groups is 2. The van der Waals surface area contributed by atoms with Crippen LogP contribution in [-0.4, -0.2) is 76.6 Å². The molecule has 14 nitrogen and oxygen atoms in total. The standard InChI is InChI=1S/C34H49ClN3O11P/c1-33(2,3)14-26(39)45-18-47-50(43,48-19-46-27(40)15-34(4,5)6)20-44-17-25-28(41)29(42)32(49-25)38-12-11-22-23(13-21-9-7-8-10-21)24(16-36)30(35)37-31(22)38/h11-12,21,25,28-29,32,41-42H,7-10,13-15,17-20H2,1-6H3/t25-,28-,29-,32-/m1/s1. The Morgan fingerprint density at radius 2 is 1.62 bits per heavy atom. The molecule has 1 saturated heterocycles. The van der Waals surface area contributed by atoms with Gasteiger partial charge in [-0.25, -0.2) is 4.98 Å². The Kier molecular flexibility index (Phi) is 13.5. The molecule has 50 heavy (non-hydrogen) atoms. The highest BCUT2D eigenvalue weighted by Crippen LogP contribution is 2.48. The summed E-state index contributed by atoms with van der Waals surface area (Å²) in [5.41, 5.74) is 0.820. The number of ether oxygens (including phenoxy) is 4. The molecule has 2 aromatic heterocycles. The highest BCUT2D eigenvalue weighted by molar-refractivity contribution is 7.53. The molecule has 0 radical (unpaired) electrons. The molecule has 0 amide bonds. The largest absolute Gasteiger partial charge is 0.438 e. The first kappa shape index (κ1) is 40.2. The lowest BCUT2D eigenvalue weighted by Gasteiger charge is -2.22. The molecule has 16 heteroatoms. The quantitative estimate of drug-likeness (QED) is 0.0939. The van der Waals surface area contributed by atoms with Crippen molar-refractivity contribution < 1.29 is 52.4 Å². The van der Waals surface area contributed by atoms with E-state index in [1.807, 2.05) is 41.5 Å². The normalized spacial score (nSPS) is 21.8. The second kappa shape index (κ2) is 16.8. The van der Waals surface area contributed by atoms with Gasteiger partial charge in [0.05, 0.1) is 25.0 Å². The van der Waals surface area contributed by atoms with Crippen LogP contribution in [-0.2, 0) is 48.6 Å². The number of nitriles is 1. The highest BCUT2D eigenvalue weighted by atomic mass is 35.5. The lowest BCUT2D eigenvalue weighted by atomic mass is 9.92. The van der Waals surface area contributed by atoms with Crippen molar-refractivity contribution in [2.75, 3.05) is 26.5 Å². The van der Waals surface area contributed by atoms with Crippen LogP contribution in [0.15, 0.2) is 12.3 Å². The molecular formula is C34H49ClN3O11P. The maximum Gasteiger partial charge on any atom is 0.361 e. The van der Waals surface area contributed by atoms with E-state index in [2.05, 4.69) is 11.1 Å². The van der Waals surface area contributed by atoms with Gasteiger partial charge in [-0.05, 0) is 34.8 Å². The molecule has 2 aromatic rings. The van der Waals surface area contributed by atoms with Crippen LogP contribution in [0.5, 0.6) is 0 Å². The number of rotatable bonds is 15. The van der Waals surface area contributed by atoms with Gasteiger partial charge < -0.3 is 33.7 Å². The van der Waals surface area contributed by atoms with Crippen LogP contribution in [0.2, 0.25) is 5.15 Å². The van der Waals surface area contributed by atoms with Crippen LogP contribution in [0.4, 0.5) is 0 Å². The summed E-state index contributed by atoms with van der Waals surface area (Å²) in [7, 11) is -4.19. The number of carbonyl (C=O) groups is 2. The second-order valence-electron chi connectivity index (χ2n) is 15.3. The Morgan fingerprint density at radius 1 is 1.04 bits per heavy atom. The Hall–Kier alpha value is -2.60. The van der Waals surface area contributed by atoms with E-state index in [1.165, 1.54) is 0 Å². The number of hydrogen-bond donors (Lipinski definition) is 2.